The second-order valence-corrected chi connectivity index (χ2v) is 10.4. The predicted molar refractivity (Wildman–Crippen MR) is 137 cm³/mol. The van der Waals surface area contributed by atoms with Crippen LogP contribution in [-0.2, 0) is 32.6 Å². The zero-order valence-electron chi connectivity index (χ0n) is 23.1. The standard InChI is InChI=1S/C25H36N2O4.C2HF3O2/c1-9-18-20(22(28)30-10-2)19(27-21(18)23(29)31-25(6,7)8)15-26-17-13-11-16(12-14-17)24(3,4)5;3-2(4,5)1(6)7/h11-14,26-27H,9-10,15H2,1-8H3;(H,6,7). The zero-order chi connectivity index (χ0) is 29.5. The van der Waals surface area contributed by atoms with Crippen LogP contribution in [0.15, 0.2) is 24.3 Å². The van der Waals surface area contributed by atoms with Gasteiger partial charge in [0.25, 0.3) is 0 Å². The summed E-state index contributed by atoms with van der Waals surface area (Å²) >= 11 is 0. The molecule has 0 atom stereocenters. The number of carbonyl (C=O) groups is 3. The van der Waals surface area contributed by atoms with Crippen molar-refractivity contribution in [2.75, 3.05) is 11.9 Å². The van der Waals surface area contributed by atoms with Gasteiger partial charge in [-0.25, -0.2) is 14.4 Å². The summed E-state index contributed by atoms with van der Waals surface area (Å²) in [5.41, 5.74) is 3.55. The van der Waals surface area contributed by atoms with Crippen LogP contribution in [0.5, 0.6) is 0 Å². The Labute approximate surface area is 220 Å². The number of aromatic nitrogens is 1. The minimum atomic E-state index is -5.08. The number of anilines is 1. The molecule has 212 valence electrons. The minimum absolute atomic E-state index is 0.0768. The van der Waals surface area contributed by atoms with Crippen LogP contribution in [0.4, 0.5) is 18.9 Å². The number of aliphatic carboxylic acids is 1. The van der Waals surface area contributed by atoms with Crippen molar-refractivity contribution in [1.29, 1.82) is 0 Å². The Hall–Kier alpha value is -3.50. The topological polar surface area (TPSA) is 118 Å². The van der Waals surface area contributed by atoms with E-state index in [2.05, 4.69) is 43.2 Å². The Balaban J connectivity index is 0.000000905. The van der Waals surface area contributed by atoms with Crippen LogP contribution in [-0.4, -0.2) is 46.4 Å². The van der Waals surface area contributed by atoms with E-state index >= 15 is 0 Å². The van der Waals surface area contributed by atoms with Gasteiger partial charge in [0.2, 0.25) is 0 Å². The van der Waals surface area contributed by atoms with Crippen molar-refractivity contribution in [2.45, 2.75) is 85.5 Å². The molecule has 2 aromatic rings. The van der Waals surface area contributed by atoms with Gasteiger partial charge in [0.15, 0.2) is 0 Å². The number of halogens is 3. The van der Waals surface area contributed by atoms with Crippen LogP contribution in [0.25, 0.3) is 0 Å². The van der Waals surface area contributed by atoms with E-state index in [1.54, 1.807) is 6.92 Å². The number of benzene rings is 1. The molecular weight excluding hydrogens is 505 g/mol. The normalized spacial score (nSPS) is 11.8. The second-order valence-electron chi connectivity index (χ2n) is 10.4. The summed E-state index contributed by atoms with van der Waals surface area (Å²) in [5, 5.41) is 10.5. The molecule has 0 saturated heterocycles. The third kappa shape index (κ3) is 9.75. The third-order valence-electron chi connectivity index (χ3n) is 5.08. The van der Waals surface area contributed by atoms with E-state index in [9.17, 15) is 22.8 Å². The van der Waals surface area contributed by atoms with E-state index in [4.69, 9.17) is 19.4 Å². The highest BCUT2D eigenvalue weighted by Gasteiger charge is 2.38. The molecule has 1 aromatic carbocycles. The number of esters is 2. The van der Waals surface area contributed by atoms with Gasteiger partial charge in [-0.1, -0.05) is 39.8 Å². The molecule has 3 N–H and O–H groups in total. The maximum atomic E-state index is 12.8. The van der Waals surface area contributed by atoms with Gasteiger partial charge in [-0.05, 0) is 62.8 Å². The van der Waals surface area contributed by atoms with Crippen LogP contribution in [0, 0.1) is 0 Å². The predicted octanol–water partition coefficient (Wildman–Crippen LogP) is 6.25. The largest absolute Gasteiger partial charge is 0.490 e. The van der Waals surface area contributed by atoms with Gasteiger partial charge in [0.1, 0.15) is 11.3 Å². The van der Waals surface area contributed by atoms with E-state index in [0.29, 0.717) is 35.5 Å². The first-order chi connectivity index (χ1) is 17.3. The number of carboxylic acid groups (broad SMARTS) is 1. The lowest BCUT2D eigenvalue weighted by molar-refractivity contribution is -0.192. The fraction of sp³-hybridized carbons (Fsp3) is 0.519. The first-order valence-corrected chi connectivity index (χ1v) is 12.1. The van der Waals surface area contributed by atoms with E-state index in [1.165, 1.54) is 5.56 Å². The second kappa shape index (κ2) is 12.8. The number of hydrogen-bond acceptors (Lipinski definition) is 6. The van der Waals surface area contributed by atoms with Crippen molar-refractivity contribution in [1.82, 2.24) is 4.98 Å². The average molecular weight is 543 g/mol. The molecule has 0 saturated carbocycles. The molecule has 0 spiro atoms. The number of carboxylic acids is 1. The summed E-state index contributed by atoms with van der Waals surface area (Å²) < 4.78 is 42.5. The third-order valence-corrected chi connectivity index (χ3v) is 5.08. The molecule has 2 rings (SSSR count). The van der Waals surface area contributed by atoms with Gasteiger partial charge in [-0.15, -0.1) is 0 Å². The van der Waals surface area contributed by atoms with Crippen molar-refractivity contribution < 1.29 is 42.1 Å². The molecule has 11 heteroatoms. The Kier molecular flexibility index (Phi) is 11.0. The monoisotopic (exact) mass is 542 g/mol. The number of rotatable bonds is 7. The van der Waals surface area contributed by atoms with Crippen LogP contribution in [0.3, 0.4) is 0 Å². The Morgan fingerprint density at radius 2 is 1.47 bits per heavy atom. The number of aromatic amines is 1. The molecule has 0 aliphatic carbocycles. The molecule has 0 unspecified atom stereocenters. The lowest BCUT2D eigenvalue weighted by atomic mass is 9.87. The molecule has 0 aliphatic rings. The van der Waals surface area contributed by atoms with E-state index in [0.717, 1.165) is 5.69 Å². The average Bonchev–Trinajstić information content (AvgIpc) is 3.15. The fourth-order valence-electron chi connectivity index (χ4n) is 3.31. The number of carbonyl (C=O) groups excluding carboxylic acids is 2. The lowest BCUT2D eigenvalue weighted by Gasteiger charge is -2.19. The Morgan fingerprint density at radius 3 is 1.87 bits per heavy atom. The molecule has 0 bridgehead atoms. The number of alkyl halides is 3. The zero-order valence-corrected chi connectivity index (χ0v) is 23.1. The minimum Gasteiger partial charge on any atom is -0.475 e. The van der Waals surface area contributed by atoms with Gasteiger partial charge < -0.3 is 24.9 Å². The van der Waals surface area contributed by atoms with Gasteiger partial charge in [-0.2, -0.15) is 13.2 Å². The fourth-order valence-corrected chi connectivity index (χ4v) is 3.31. The first kappa shape index (κ1) is 32.5. The first-order valence-electron chi connectivity index (χ1n) is 12.1. The van der Waals surface area contributed by atoms with Gasteiger partial charge in [0.05, 0.1) is 18.7 Å². The van der Waals surface area contributed by atoms with Gasteiger partial charge >= 0.3 is 24.1 Å². The van der Waals surface area contributed by atoms with Crippen molar-refractivity contribution in [3.63, 3.8) is 0 Å². The maximum absolute atomic E-state index is 12.8. The van der Waals surface area contributed by atoms with Crippen LogP contribution in [0.2, 0.25) is 0 Å². The SMILES string of the molecule is CCOC(=O)c1c(CNc2ccc(C(C)(C)C)cc2)[nH]c(C(=O)OC(C)(C)C)c1CC.O=C(O)C(F)(F)F. The summed E-state index contributed by atoms with van der Waals surface area (Å²) in [4.78, 5) is 37.5. The number of hydrogen-bond donors (Lipinski definition) is 3. The smallest absolute Gasteiger partial charge is 0.475 e. The maximum Gasteiger partial charge on any atom is 0.490 e. The van der Waals surface area contributed by atoms with E-state index in [1.807, 2.05) is 39.8 Å². The highest BCUT2D eigenvalue weighted by molar-refractivity contribution is 5.99. The van der Waals surface area contributed by atoms with Crippen molar-refractivity contribution in [3.8, 4) is 0 Å². The lowest BCUT2D eigenvalue weighted by Crippen LogP contribution is -2.24. The summed E-state index contributed by atoms with van der Waals surface area (Å²) in [7, 11) is 0. The molecule has 8 nitrogen and oxygen atoms in total. The summed E-state index contributed by atoms with van der Waals surface area (Å²) in [5.74, 6) is -3.67. The van der Waals surface area contributed by atoms with E-state index in [-0.39, 0.29) is 12.0 Å². The molecule has 0 amide bonds. The summed E-state index contributed by atoms with van der Waals surface area (Å²) in [6.07, 6.45) is -4.58. The summed E-state index contributed by atoms with van der Waals surface area (Å²) in [6.45, 7) is 16.2. The molecule has 38 heavy (non-hydrogen) atoms. The highest BCUT2D eigenvalue weighted by atomic mass is 19.4. The molecule has 1 heterocycles. The molecule has 1 aromatic heterocycles. The Morgan fingerprint density at radius 1 is 0.947 bits per heavy atom. The van der Waals surface area contributed by atoms with Crippen molar-refractivity contribution in [2.24, 2.45) is 0 Å². The molecular formula is C27H37F3N2O6. The van der Waals surface area contributed by atoms with Crippen LogP contribution in [0.1, 0.15) is 93.1 Å². The Bertz CT molecular complexity index is 1110. The summed E-state index contributed by atoms with van der Waals surface area (Å²) in [6, 6.07) is 8.21. The van der Waals surface area contributed by atoms with Gasteiger partial charge in [0, 0.05) is 11.4 Å². The van der Waals surface area contributed by atoms with Gasteiger partial charge in [-0.3, -0.25) is 0 Å². The van der Waals surface area contributed by atoms with Crippen LogP contribution < -0.4 is 5.32 Å². The van der Waals surface area contributed by atoms with E-state index < -0.39 is 29.7 Å². The molecule has 0 fully saturated rings. The number of nitrogens with one attached hydrogen (secondary N) is 2. The number of ether oxygens (including phenoxy) is 2. The highest BCUT2D eigenvalue weighted by Crippen LogP contribution is 2.26. The molecule has 0 radical (unpaired) electrons. The quantitative estimate of drug-likeness (QED) is 0.354. The van der Waals surface area contributed by atoms with Crippen molar-refractivity contribution in [3.05, 3.63) is 52.3 Å². The van der Waals surface area contributed by atoms with Crippen LogP contribution >= 0.6 is 0 Å². The molecule has 0 aliphatic heterocycles. The number of H-pyrrole nitrogens is 1. The van der Waals surface area contributed by atoms with Crippen molar-refractivity contribution >= 4 is 23.6 Å².